The molecule has 0 amide bonds. The van der Waals surface area contributed by atoms with Crippen LogP contribution in [0.1, 0.15) is 6.42 Å². The Balaban J connectivity index is 4.99. The van der Waals surface area contributed by atoms with E-state index in [1.165, 1.54) is 0 Å². The Morgan fingerprint density at radius 1 is 1.21 bits per heavy atom. The SMILES string of the molecule is O=C(O)C[C@@](O)(C(=O)O)[C@@H](S)C(=O)O. The molecule has 0 aliphatic rings. The van der Waals surface area contributed by atoms with Crippen molar-refractivity contribution in [2.24, 2.45) is 0 Å². The second-order valence-electron chi connectivity index (χ2n) is 2.54. The number of aliphatic hydroxyl groups is 1. The molecule has 0 rings (SSSR count). The summed E-state index contributed by atoms with van der Waals surface area (Å²) in [5.74, 6) is -5.28. The molecule has 0 spiro atoms. The quantitative estimate of drug-likeness (QED) is 0.365. The van der Waals surface area contributed by atoms with Crippen LogP contribution in [0.5, 0.6) is 0 Å². The highest BCUT2D eigenvalue weighted by molar-refractivity contribution is 7.82. The zero-order chi connectivity index (χ0) is 11.5. The van der Waals surface area contributed by atoms with Crippen LogP contribution in [0.15, 0.2) is 0 Å². The summed E-state index contributed by atoms with van der Waals surface area (Å²) in [6.45, 7) is 0. The molecule has 0 unspecified atom stereocenters. The van der Waals surface area contributed by atoms with Gasteiger partial charge in [0.05, 0.1) is 6.42 Å². The van der Waals surface area contributed by atoms with Gasteiger partial charge in [-0.25, -0.2) is 4.79 Å². The molecule has 2 atom stereocenters. The number of carboxylic acids is 3. The maximum Gasteiger partial charge on any atom is 0.338 e. The van der Waals surface area contributed by atoms with Gasteiger partial charge in [-0.15, -0.1) is 0 Å². The van der Waals surface area contributed by atoms with E-state index in [1.807, 2.05) is 0 Å². The standard InChI is InChI=1S/C6H8O7S/c7-2(8)1-6(13,5(11)12)3(14)4(9)10/h3,13-14H,1H2,(H,7,8)(H,9,10)(H,11,12)/t3-,6-/m0/s1. The fourth-order valence-corrected chi connectivity index (χ4v) is 0.926. The summed E-state index contributed by atoms with van der Waals surface area (Å²) in [5.41, 5.74) is -2.92. The molecule has 80 valence electrons. The van der Waals surface area contributed by atoms with Crippen LogP contribution in [-0.2, 0) is 14.4 Å². The van der Waals surface area contributed by atoms with Gasteiger partial charge in [0.25, 0.3) is 0 Å². The Morgan fingerprint density at radius 3 is 1.86 bits per heavy atom. The summed E-state index contributed by atoms with van der Waals surface area (Å²) in [5, 5.41) is 32.4. The number of aliphatic carboxylic acids is 3. The Kier molecular flexibility index (Phi) is 3.90. The minimum atomic E-state index is -2.92. The molecule has 0 aliphatic heterocycles. The number of carbonyl (C=O) groups is 3. The molecule has 8 heteroatoms. The second-order valence-corrected chi connectivity index (χ2v) is 3.06. The van der Waals surface area contributed by atoms with Crippen LogP contribution in [0.25, 0.3) is 0 Å². The fourth-order valence-electron chi connectivity index (χ4n) is 0.724. The van der Waals surface area contributed by atoms with Gasteiger partial charge < -0.3 is 20.4 Å². The van der Waals surface area contributed by atoms with Crippen molar-refractivity contribution in [3.63, 3.8) is 0 Å². The molecule has 14 heavy (non-hydrogen) atoms. The van der Waals surface area contributed by atoms with E-state index >= 15 is 0 Å². The van der Waals surface area contributed by atoms with Gasteiger partial charge in [0.2, 0.25) is 0 Å². The van der Waals surface area contributed by atoms with Crippen LogP contribution in [0.2, 0.25) is 0 Å². The van der Waals surface area contributed by atoms with E-state index in [0.717, 1.165) is 0 Å². The predicted molar refractivity (Wildman–Crippen MR) is 45.2 cm³/mol. The van der Waals surface area contributed by atoms with Crippen LogP contribution < -0.4 is 0 Å². The third kappa shape index (κ3) is 2.60. The van der Waals surface area contributed by atoms with Gasteiger partial charge in [0, 0.05) is 0 Å². The van der Waals surface area contributed by atoms with Gasteiger partial charge >= 0.3 is 17.9 Å². The van der Waals surface area contributed by atoms with Crippen LogP contribution in [0, 0.1) is 0 Å². The maximum absolute atomic E-state index is 10.5. The van der Waals surface area contributed by atoms with Crippen molar-refractivity contribution in [3.05, 3.63) is 0 Å². The molecule has 7 nitrogen and oxygen atoms in total. The Hall–Kier alpha value is -1.28. The smallest absolute Gasteiger partial charge is 0.338 e. The van der Waals surface area contributed by atoms with Crippen molar-refractivity contribution >= 4 is 30.5 Å². The highest BCUT2D eigenvalue weighted by atomic mass is 32.1. The fraction of sp³-hybridized carbons (Fsp3) is 0.500. The molecule has 0 bridgehead atoms. The molecule has 0 aliphatic carbocycles. The molecule has 0 fully saturated rings. The largest absolute Gasteiger partial charge is 0.481 e. The molecule has 0 heterocycles. The maximum atomic E-state index is 10.5. The second kappa shape index (κ2) is 4.29. The lowest BCUT2D eigenvalue weighted by molar-refractivity contribution is -0.169. The molecule has 0 aromatic heterocycles. The van der Waals surface area contributed by atoms with Gasteiger partial charge in [-0.1, -0.05) is 0 Å². The first-order valence-corrected chi connectivity index (χ1v) is 3.82. The number of carboxylic acid groups (broad SMARTS) is 3. The molecule has 0 aromatic rings. The highest BCUT2D eigenvalue weighted by Crippen LogP contribution is 2.21. The van der Waals surface area contributed by atoms with Crippen molar-refractivity contribution < 1.29 is 34.8 Å². The summed E-state index contributed by atoms with van der Waals surface area (Å²) in [6, 6.07) is 0. The highest BCUT2D eigenvalue weighted by Gasteiger charge is 2.48. The summed E-state index contributed by atoms with van der Waals surface area (Å²) in [6.07, 6.45) is -1.23. The molecule has 0 radical (unpaired) electrons. The van der Waals surface area contributed by atoms with E-state index in [0.29, 0.717) is 0 Å². The van der Waals surface area contributed by atoms with Crippen molar-refractivity contribution in [1.82, 2.24) is 0 Å². The van der Waals surface area contributed by atoms with Crippen molar-refractivity contribution in [2.45, 2.75) is 17.3 Å². The summed E-state index contributed by atoms with van der Waals surface area (Å²) < 4.78 is 0. The first-order chi connectivity index (χ1) is 6.21. The summed E-state index contributed by atoms with van der Waals surface area (Å²) in [4.78, 5) is 31.0. The molecular formula is C6H8O7S. The third-order valence-electron chi connectivity index (χ3n) is 1.48. The summed E-state index contributed by atoms with van der Waals surface area (Å²) >= 11 is 3.33. The molecule has 0 saturated carbocycles. The first kappa shape index (κ1) is 12.7. The van der Waals surface area contributed by atoms with Crippen molar-refractivity contribution in [3.8, 4) is 0 Å². The van der Waals surface area contributed by atoms with Gasteiger partial charge in [-0.3, -0.25) is 9.59 Å². The van der Waals surface area contributed by atoms with E-state index in [-0.39, 0.29) is 0 Å². The predicted octanol–water partition coefficient (Wildman–Crippen LogP) is -1.34. The average Bonchev–Trinajstić information content (AvgIpc) is 2.00. The van der Waals surface area contributed by atoms with Crippen LogP contribution in [-0.4, -0.2) is 49.2 Å². The number of thiol groups is 1. The monoisotopic (exact) mass is 224 g/mol. The Bertz CT molecular complexity index is 275. The molecule has 0 aromatic carbocycles. The van der Waals surface area contributed by atoms with Crippen LogP contribution in [0.4, 0.5) is 0 Å². The lowest BCUT2D eigenvalue weighted by Crippen LogP contribution is -2.51. The average molecular weight is 224 g/mol. The summed E-state index contributed by atoms with van der Waals surface area (Å²) in [7, 11) is 0. The molecule has 0 saturated heterocycles. The minimum absolute atomic E-state index is 1.23. The van der Waals surface area contributed by atoms with E-state index in [4.69, 9.17) is 15.3 Å². The topological polar surface area (TPSA) is 132 Å². The van der Waals surface area contributed by atoms with Crippen molar-refractivity contribution in [2.75, 3.05) is 0 Å². The lowest BCUT2D eigenvalue weighted by atomic mass is 9.95. The minimum Gasteiger partial charge on any atom is -0.481 e. The van der Waals surface area contributed by atoms with Crippen LogP contribution >= 0.6 is 12.6 Å². The van der Waals surface area contributed by atoms with E-state index in [9.17, 15) is 19.5 Å². The van der Waals surface area contributed by atoms with Crippen molar-refractivity contribution in [1.29, 1.82) is 0 Å². The number of hydrogen-bond donors (Lipinski definition) is 5. The normalized spacial score (nSPS) is 16.7. The van der Waals surface area contributed by atoms with E-state index in [1.54, 1.807) is 0 Å². The zero-order valence-electron chi connectivity index (χ0n) is 6.75. The Morgan fingerprint density at radius 2 is 1.64 bits per heavy atom. The van der Waals surface area contributed by atoms with Gasteiger partial charge in [0.1, 0.15) is 5.25 Å². The van der Waals surface area contributed by atoms with Gasteiger partial charge in [-0.05, 0) is 0 Å². The van der Waals surface area contributed by atoms with Gasteiger partial charge in [0.15, 0.2) is 5.60 Å². The van der Waals surface area contributed by atoms with Crippen LogP contribution in [0.3, 0.4) is 0 Å². The third-order valence-corrected chi connectivity index (χ3v) is 2.13. The Labute approximate surface area is 83.4 Å². The number of rotatable bonds is 5. The van der Waals surface area contributed by atoms with E-state index in [2.05, 4.69) is 12.6 Å². The zero-order valence-corrected chi connectivity index (χ0v) is 7.64. The first-order valence-electron chi connectivity index (χ1n) is 3.30. The molecular weight excluding hydrogens is 216 g/mol. The molecule has 4 N–H and O–H groups in total. The van der Waals surface area contributed by atoms with E-state index < -0.39 is 35.2 Å². The van der Waals surface area contributed by atoms with Gasteiger partial charge in [-0.2, -0.15) is 12.6 Å². The lowest BCUT2D eigenvalue weighted by Gasteiger charge is -2.24. The number of hydrogen-bond acceptors (Lipinski definition) is 5.